The maximum absolute atomic E-state index is 13.5. The van der Waals surface area contributed by atoms with Crippen molar-refractivity contribution in [3.05, 3.63) is 74.7 Å². The van der Waals surface area contributed by atoms with Crippen LogP contribution in [-0.4, -0.2) is 15.5 Å². The summed E-state index contributed by atoms with van der Waals surface area (Å²) in [7, 11) is 0. The second kappa shape index (κ2) is 8.53. The molecule has 0 saturated heterocycles. The minimum atomic E-state index is -4.93. The lowest BCUT2D eigenvalue weighted by atomic mass is 10.1. The van der Waals surface area contributed by atoms with Crippen molar-refractivity contribution in [1.29, 1.82) is 0 Å². The van der Waals surface area contributed by atoms with E-state index in [2.05, 4.69) is 10.3 Å². The zero-order chi connectivity index (χ0) is 22.9. The average molecular weight is 431 g/mol. The summed E-state index contributed by atoms with van der Waals surface area (Å²) in [6.07, 6.45) is -4.04. The molecule has 3 aromatic rings. The molecule has 1 aromatic heterocycles. The molecule has 3 rings (SSSR count). The number of benzene rings is 2. The lowest BCUT2D eigenvalue weighted by Gasteiger charge is -2.20. The number of amides is 1. The Labute approximate surface area is 177 Å². The molecule has 1 amide bonds. The number of aromatic nitrogens is 2. The number of halogens is 3. The molecular weight excluding hydrogens is 407 g/mol. The van der Waals surface area contributed by atoms with Crippen molar-refractivity contribution in [2.75, 3.05) is 0 Å². The van der Waals surface area contributed by atoms with Crippen molar-refractivity contribution < 1.29 is 18.0 Å². The highest BCUT2D eigenvalue weighted by molar-refractivity contribution is 5.84. The van der Waals surface area contributed by atoms with E-state index in [1.165, 1.54) is 13.0 Å². The monoisotopic (exact) mass is 431 g/mol. The van der Waals surface area contributed by atoms with Crippen LogP contribution in [0.2, 0.25) is 0 Å². The van der Waals surface area contributed by atoms with E-state index < -0.39 is 29.4 Å². The van der Waals surface area contributed by atoms with Gasteiger partial charge in [0.1, 0.15) is 6.04 Å². The average Bonchev–Trinajstić information content (AvgIpc) is 2.72. The van der Waals surface area contributed by atoms with E-state index in [0.717, 1.165) is 33.2 Å². The first-order valence-electron chi connectivity index (χ1n) is 9.99. The summed E-state index contributed by atoms with van der Waals surface area (Å²) >= 11 is 0. The molecule has 2 aromatic carbocycles. The molecule has 164 valence electrons. The SMILES string of the molecule is CCc1ccc(CNC(=O)[C@H](C)n2c(=O)c(C(F)(F)F)nc3cc(C)c(C)cc32)cc1. The number of hydrogen-bond donors (Lipinski definition) is 1. The fourth-order valence-electron chi connectivity index (χ4n) is 3.38. The van der Waals surface area contributed by atoms with Gasteiger partial charge in [-0.3, -0.25) is 14.2 Å². The standard InChI is InChI=1S/C23H24F3N3O2/c1-5-16-6-8-17(9-7-16)12-27-21(30)15(4)29-19-11-14(3)13(2)10-18(19)28-20(22(29)31)23(24,25)26/h6-11,15H,5,12H2,1-4H3,(H,27,30)/t15-/m0/s1. The summed E-state index contributed by atoms with van der Waals surface area (Å²) in [5, 5.41) is 2.71. The van der Waals surface area contributed by atoms with Gasteiger partial charge in [0.25, 0.3) is 5.56 Å². The Balaban J connectivity index is 2.00. The number of fused-ring (bicyclic) bond motifs is 1. The third-order valence-electron chi connectivity index (χ3n) is 5.44. The normalized spacial score (nSPS) is 12.7. The Bertz CT molecular complexity index is 1180. The number of aryl methyl sites for hydroxylation is 3. The highest BCUT2D eigenvalue weighted by Gasteiger charge is 2.38. The van der Waals surface area contributed by atoms with Crippen LogP contribution in [0.25, 0.3) is 11.0 Å². The van der Waals surface area contributed by atoms with Gasteiger partial charge < -0.3 is 5.32 Å². The molecular formula is C23H24F3N3O2. The number of alkyl halides is 3. The van der Waals surface area contributed by atoms with Gasteiger partial charge in [-0.15, -0.1) is 0 Å². The minimum Gasteiger partial charge on any atom is -0.350 e. The second-order valence-electron chi connectivity index (χ2n) is 7.62. The summed E-state index contributed by atoms with van der Waals surface area (Å²) in [6.45, 7) is 7.18. The first-order chi connectivity index (χ1) is 14.5. The Hall–Kier alpha value is -3.16. The van der Waals surface area contributed by atoms with Crippen LogP contribution < -0.4 is 10.9 Å². The molecule has 0 fully saturated rings. The molecule has 0 aliphatic heterocycles. The van der Waals surface area contributed by atoms with Gasteiger partial charge in [0.15, 0.2) is 0 Å². The first-order valence-corrected chi connectivity index (χ1v) is 9.99. The van der Waals surface area contributed by atoms with E-state index >= 15 is 0 Å². The van der Waals surface area contributed by atoms with Gasteiger partial charge in [-0.05, 0) is 61.6 Å². The van der Waals surface area contributed by atoms with E-state index in [1.54, 1.807) is 19.9 Å². The molecule has 5 nitrogen and oxygen atoms in total. The number of carbonyl (C=O) groups is 1. The van der Waals surface area contributed by atoms with E-state index in [0.29, 0.717) is 0 Å². The van der Waals surface area contributed by atoms with E-state index in [-0.39, 0.29) is 17.6 Å². The highest BCUT2D eigenvalue weighted by atomic mass is 19.4. The van der Waals surface area contributed by atoms with Crippen molar-refractivity contribution in [2.45, 2.75) is 52.9 Å². The van der Waals surface area contributed by atoms with Crippen LogP contribution in [0.3, 0.4) is 0 Å². The van der Waals surface area contributed by atoms with E-state index in [4.69, 9.17) is 0 Å². The Kier molecular flexibility index (Phi) is 6.20. The lowest BCUT2D eigenvalue weighted by molar-refractivity contribution is -0.142. The van der Waals surface area contributed by atoms with Gasteiger partial charge in [0, 0.05) is 6.54 Å². The topological polar surface area (TPSA) is 64.0 Å². The molecule has 8 heteroatoms. The van der Waals surface area contributed by atoms with Gasteiger partial charge in [-0.25, -0.2) is 4.98 Å². The first kappa shape index (κ1) is 22.5. The highest BCUT2D eigenvalue weighted by Crippen LogP contribution is 2.28. The largest absolute Gasteiger partial charge is 0.438 e. The van der Waals surface area contributed by atoms with Crippen molar-refractivity contribution in [2.24, 2.45) is 0 Å². The molecule has 31 heavy (non-hydrogen) atoms. The van der Waals surface area contributed by atoms with Crippen LogP contribution in [0, 0.1) is 13.8 Å². The smallest absolute Gasteiger partial charge is 0.350 e. The number of nitrogens with one attached hydrogen (secondary N) is 1. The van der Waals surface area contributed by atoms with E-state index in [9.17, 15) is 22.8 Å². The molecule has 0 radical (unpaired) electrons. The van der Waals surface area contributed by atoms with Crippen LogP contribution >= 0.6 is 0 Å². The van der Waals surface area contributed by atoms with Crippen LogP contribution in [0.5, 0.6) is 0 Å². The molecule has 0 saturated carbocycles. The predicted molar refractivity (Wildman–Crippen MR) is 113 cm³/mol. The van der Waals surface area contributed by atoms with Crippen LogP contribution in [0.15, 0.2) is 41.2 Å². The molecule has 0 spiro atoms. The van der Waals surface area contributed by atoms with Crippen LogP contribution in [-0.2, 0) is 23.9 Å². The molecule has 0 aliphatic rings. The van der Waals surface area contributed by atoms with Crippen molar-refractivity contribution in [3.63, 3.8) is 0 Å². The minimum absolute atomic E-state index is 0.0184. The Morgan fingerprint density at radius 1 is 1.10 bits per heavy atom. The fourth-order valence-corrected chi connectivity index (χ4v) is 3.38. The van der Waals surface area contributed by atoms with Gasteiger partial charge in [-0.2, -0.15) is 13.2 Å². The summed E-state index contributed by atoms with van der Waals surface area (Å²) in [6, 6.07) is 9.59. The number of nitrogens with zero attached hydrogens (tertiary/aromatic N) is 2. The van der Waals surface area contributed by atoms with Gasteiger partial charge in [0.05, 0.1) is 11.0 Å². The molecule has 0 unspecified atom stereocenters. The molecule has 1 N–H and O–H groups in total. The van der Waals surface area contributed by atoms with E-state index in [1.807, 2.05) is 31.2 Å². The summed E-state index contributed by atoms with van der Waals surface area (Å²) in [4.78, 5) is 29.1. The Morgan fingerprint density at radius 2 is 1.68 bits per heavy atom. The number of rotatable bonds is 5. The van der Waals surface area contributed by atoms with Crippen LogP contribution in [0.1, 0.15) is 47.8 Å². The Morgan fingerprint density at radius 3 is 2.26 bits per heavy atom. The zero-order valence-corrected chi connectivity index (χ0v) is 17.8. The van der Waals surface area contributed by atoms with Crippen molar-refractivity contribution in [1.82, 2.24) is 14.9 Å². The fraction of sp³-hybridized carbons (Fsp3) is 0.348. The molecule has 0 aliphatic carbocycles. The lowest BCUT2D eigenvalue weighted by Crippen LogP contribution is -2.39. The predicted octanol–water partition coefficient (Wildman–Crippen LogP) is 4.47. The molecule has 0 bridgehead atoms. The summed E-state index contributed by atoms with van der Waals surface area (Å²) in [5.74, 6) is -0.555. The number of hydrogen-bond acceptors (Lipinski definition) is 3. The molecule has 1 heterocycles. The second-order valence-corrected chi connectivity index (χ2v) is 7.62. The van der Waals surface area contributed by atoms with Crippen molar-refractivity contribution >= 4 is 16.9 Å². The van der Waals surface area contributed by atoms with Gasteiger partial charge in [0.2, 0.25) is 11.6 Å². The summed E-state index contributed by atoms with van der Waals surface area (Å²) in [5.41, 5.74) is 0.879. The zero-order valence-electron chi connectivity index (χ0n) is 17.8. The maximum Gasteiger partial charge on any atom is 0.438 e. The maximum atomic E-state index is 13.5. The quantitative estimate of drug-likeness (QED) is 0.648. The van der Waals surface area contributed by atoms with Crippen LogP contribution in [0.4, 0.5) is 13.2 Å². The van der Waals surface area contributed by atoms with Gasteiger partial charge >= 0.3 is 6.18 Å². The third-order valence-corrected chi connectivity index (χ3v) is 5.44. The molecule has 1 atom stereocenters. The number of carbonyl (C=O) groups excluding carboxylic acids is 1. The van der Waals surface area contributed by atoms with Crippen molar-refractivity contribution in [3.8, 4) is 0 Å². The van der Waals surface area contributed by atoms with Gasteiger partial charge in [-0.1, -0.05) is 31.2 Å². The third kappa shape index (κ3) is 4.62. The summed E-state index contributed by atoms with van der Waals surface area (Å²) < 4.78 is 41.2.